The normalized spacial score (nSPS) is 13.8. The Hall–Kier alpha value is -2.63. The fourth-order valence-corrected chi connectivity index (χ4v) is 2.01. The molecule has 6 nitrogen and oxygen atoms in total. The maximum Gasteiger partial charge on any atom is 0.364 e. The van der Waals surface area contributed by atoms with Crippen LogP contribution in [0, 0.1) is 0 Å². The number of hydrogen-bond acceptors (Lipinski definition) is 4. The van der Waals surface area contributed by atoms with Gasteiger partial charge >= 0.3 is 5.97 Å². The lowest BCUT2D eigenvalue weighted by Crippen LogP contribution is -2.09. The number of anilines is 1. The Morgan fingerprint density at radius 2 is 2.00 bits per heavy atom. The quantitative estimate of drug-likeness (QED) is 0.667. The van der Waals surface area contributed by atoms with Gasteiger partial charge in [-0.2, -0.15) is 5.10 Å². The van der Waals surface area contributed by atoms with Crippen molar-refractivity contribution in [3.05, 3.63) is 41.7 Å². The van der Waals surface area contributed by atoms with Gasteiger partial charge in [0.15, 0.2) is 5.69 Å². The summed E-state index contributed by atoms with van der Waals surface area (Å²) in [5, 5.41) is 9.48. The van der Waals surface area contributed by atoms with Gasteiger partial charge in [-0.05, 0) is 43.2 Å². The monoisotopic (exact) mass is 285 g/mol. The Morgan fingerprint density at radius 3 is 2.62 bits per heavy atom. The summed E-state index contributed by atoms with van der Waals surface area (Å²) in [5.74, 6) is 0.273. The van der Waals surface area contributed by atoms with Crippen molar-refractivity contribution in [1.82, 2.24) is 10.2 Å². The van der Waals surface area contributed by atoms with E-state index in [9.17, 15) is 9.59 Å². The molecule has 0 atom stereocenters. The van der Waals surface area contributed by atoms with Gasteiger partial charge in [0.2, 0.25) is 5.91 Å². The van der Waals surface area contributed by atoms with E-state index in [1.54, 1.807) is 30.3 Å². The second-order valence-electron chi connectivity index (χ2n) is 5.08. The van der Waals surface area contributed by atoms with Crippen LogP contribution in [-0.2, 0) is 4.79 Å². The summed E-state index contributed by atoms with van der Waals surface area (Å²) in [6.45, 7) is 1.43. The number of esters is 1. The molecule has 2 aromatic rings. The van der Waals surface area contributed by atoms with E-state index in [-0.39, 0.29) is 11.6 Å². The topological polar surface area (TPSA) is 84.1 Å². The maximum absolute atomic E-state index is 12.0. The Morgan fingerprint density at radius 1 is 1.29 bits per heavy atom. The van der Waals surface area contributed by atoms with E-state index in [1.807, 2.05) is 0 Å². The fraction of sp³-hybridized carbons (Fsp3) is 0.267. The zero-order chi connectivity index (χ0) is 14.8. The molecule has 0 saturated heterocycles. The summed E-state index contributed by atoms with van der Waals surface area (Å²) >= 11 is 0. The number of benzene rings is 1. The first-order valence-corrected chi connectivity index (χ1v) is 6.77. The molecule has 0 bridgehead atoms. The molecule has 1 aromatic heterocycles. The number of H-pyrrole nitrogens is 1. The molecule has 2 N–H and O–H groups in total. The number of rotatable bonds is 4. The molecule has 0 spiro atoms. The van der Waals surface area contributed by atoms with Crippen LogP contribution in [0.3, 0.4) is 0 Å². The molecule has 1 aliphatic rings. The number of carbonyl (C=O) groups is 2. The van der Waals surface area contributed by atoms with E-state index >= 15 is 0 Å². The van der Waals surface area contributed by atoms with Gasteiger partial charge in [-0.1, -0.05) is 0 Å². The summed E-state index contributed by atoms with van der Waals surface area (Å²) in [5.41, 5.74) is 1.92. The van der Waals surface area contributed by atoms with E-state index in [0.717, 1.165) is 18.5 Å². The number of ether oxygens (including phenoxy) is 1. The number of hydrogen-bond donors (Lipinski definition) is 2. The maximum atomic E-state index is 12.0. The van der Waals surface area contributed by atoms with E-state index < -0.39 is 5.97 Å². The lowest BCUT2D eigenvalue weighted by molar-refractivity contribution is -0.114. The predicted molar refractivity (Wildman–Crippen MR) is 76.3 cm³/mol. The molecule has 1 saturated carbocycles. The Bertz CT molecular complexity index is 672. The molecule has 21 heavy (non-hydrogen) atoms. The van der Waals surface area contributed by atoms with Crippen LogP contribution in [-0.4, -0.2) is 22.1 Å². The lowest BCUT2D eigenvalue weighted by atomic mass is 10.2. The summed E-state index contributed by atoms with van der Waals surface area (Å²) < 4.78 is 5.24. The van der Waals surface area contributed by atoms with E-state index in [1.165, 1.54) is 6.92 Å². The average molecular weight is 285 g/mol. The number of aromatic nitrogens is 2. The van der Waals surface area contributed by atoms with Gasteiger partial charge in [0.25, 0.3) is 0 Å². The van der Waals surface area contributed by atoms with Crippen LogP contribution in [0.4, 0.5) is 5.69 Å². The van der Waals surface area contributed by atoms with Crippen molar-refractivity contribution < 1.29 is 14.3 Å². The molecule has 1 amide bonds. The molecule has 0 aliphatic heterocycles. The molecule has 0 unspecified atom stereocenters. The molecule has 1 heterocycles. The highest BCUT2D eigenvalue weighted by Crippen LogP contribution is 2.39. The standard InChI is InChI=1S/C15H15N3O3/c1-9(19)16-11-4-6-12(7-5-11)21-15(20)14-8-13(17-18-14)10-2-3-10/h4-8,10H,2-3H2,1H3,(H,16,19)(H,17,18). The summed E-state index contributed by atoms with van der Waals surface area (Å²) in [6, 6.07) is 8.33. The van der Waals surface area contributed by atoms with Gasteiger partial charge in [0, 0.05) is 24.2 Å². The van der Waals surface area contributed by atoms with Crippen LogP contribution < -0.4 is 10.1 Å². The summed E-state index contributed by atoms with van der Waals surface area (Å²) in [6.07, 6.45) is 2.28. The van der Waals surface area contributed by atoms with Crippen LogP contribution >= 0.6 is 0 Å². The predicted octanol–water partition coefficient (Wildman–Crippen LogP) is 2.46. The van der Waals surface area contributed by atoms with Crippen LogP contribution in [0.25, 0.3) is 0 Å². The molecule has 1 aromatic carbocycles. The number of nitrogens with zero attached hydrogens (tertiary/aromatic N) is 1. The third kappa shape index (κ3) is 3.28. The molecule has 1 aliphatic carbocycles. The minimum atomic E-state index is -0.495. The first-order chi connectivity index (χ1) is 10.1. The van der Waals surface area contributed by atoms with Crippen molar-refractivity contribution in [3.8, 4) is 5.75 Å². The number of amides is 1. The van der Waals surface area contributed by atoms with E-state index in [2.05, 4.69) is 15.5 Å². The average Bonchev–Trinajstić information content (AvgIpc) is 3.18. The largest absolute Gasteiger partial charge is 0.422 e. The molecular weight excluding hydrogens is 270 g/mol. The lowest BCUT2D eigenvalue weighted by Gasteiger charge is -2.04. The van der Waals surface area contributed by atoms with E-state index in [4.69, 9.17) is 4.74 Å². The molecule has 3 rings (SSSR count). The van der Waals surface area contributed by atoms with Crippen molar-refractivity contribution in [2.45, 2.75) is 25.7 Å². The first kappa shape index (κ1) is 13.4. The van der Waals surface area contributed by atoms with Crippen molar-refractivity contribution in [1.29, 1.82) is 0 Å². The first-order valence-electron chi connectivity index (χ1n) is 6.77. The second kappa shape index (κ2) is 5.40. The Balaban J connectivity index is 1.64. The van der Waals surface area contributed by atoms with Crippen molar-refractivity contribution in [3.63, 3.8) is 0 Å². The summed E-state index contributed by atoms with van der Waals surface area (Å²) in [4.78, 5) is 22.9. The Kier molecular flexibility index (Phi) is 3.43. The minimum Gasteiger partial charge on any atom is -0.422 e. The van der Waals surface area contributed by atoms with Gasteiger partial charge in [-0.15, -0.1) is 0 Å². The van der Waals surface area contributed by atoms with Crippen molar-refractivity contribution in [2.24, 2.45) is 0 Å². The van der Waals surface area contributed by atoms with Crippen molar-refractivity contribution >= 4 is 17.6 Å². The van der Waals surface area contributed by atoms with E-state index in [0.29, 0.717) is 17.4 Å². The Labute approximate surface area is 121 Å². The molecule has 0 radical (unpaired) electrons. The fourth-order valence-electron chi connectivity index (χ4n) is 2.01. The second-order valence-corrected chi connectivity index (χ2v) is 5.08. The number of carbonyl (C=O) groups excluding carboxylic acids is 2. The molecular formula is C15H15N3O3. The highest BCUT2D eigenvalue weighted by Gasteiger charge is 2.26. The van der Waals surface area contributed by atoms with Gasteiger partial charge in [-0.3, -0.25) is 9.89 Å². The zero-order valence-corrected chi connectivity index (χ0v) is 11.6. The molecule has 1 fully saturated rings. The highest BCUT2D eigenvalue weighted by atomic mass is 16.5. The van der Waals surface area contributed by atoms with Gasteiger partial charge in [-0.25, -0.2) is 4.79 Å². The molecule has 6 heteroatoms. The zero-order valence-electron chi connectivity index (χ0n) is 11.6. The highest BCUT2D eigenvalue weighted by molar-refractivity contribution is 5.90. The SMILES string of the molecule is CC(=O)Nc1ccc(OC(=O)c2cc(C3CC3)[nH]n2)cc1. The smallest absolute Gasteiger partial charge is 0.364 e. The van der Waals surface area contributed by atoms with Gasteiger partial charge in [0.1, 0.15) is 5.75 Å². The van der Waals surface area contributed by atoms with Crippen LogP contribution in [0.5, 0.6) is 5.75 Å². The summed E-state index contributed by atoms with van der Waals surface area (Å²) in [7, 11) is 0. The molecule has 108 valence electrons. The van der Waals surface area contributed by atoms with Crippen LogP contribution in [0.1, 0.15) is 41.9 Å². The third-order valence-corrected chi connectivity index (χ3v) is 3.21. The van der Waals surface area contributed by atoms with Crippen molar-refractivity contribution in [2.75, 3.05) is 5.32 Å². The minimum absolute atomic E-state index is 0.149. The van der Waals surface area contributed by atoms with Crippen LogP contribution in [0.2, 0.25) is 0 Å². The van der Waals surface area contributed by atoms with Crippen LogP contribution in [0.15, 0.2) is 30.3 Å². The van der Waals surface area contributed by atoms with Gasteiger partial charge in [0.05, 0.1) is 0 Å². The number of aromatic amines is 1. The number of nitrogens with one attached hydrogen (secondary N) is 2. The van der Waals surface area contributed by atoms with Gasteiger partial charge < -0.3 is 10.1 Å². The third-order valence-electron chi connectivity index (χ3n) is 3.21.